The Balaban J connectivity index is 1.96. The molecule has 108 valence electrons. The maximum absolute atomic E-state index is 13.4. The SMILES string of the molecule is O=C(O)C1CCCN1C(=O)CSc1ccc(F)cc1F. The molecule has 1 aromatic carbocycles. The quantitative estimate of drug-likeness (QED) is 0.866. The van der Waals surface area contributed by atoms with E-state index in [0.717, 1.165) is 23.9 Å². The maximum atomic E-state index is 13.4. The van der Waals surface area contributed by atoms with Crippen LogP contribution in [0.4, 0.5) is 8.78 Å². The number of carbonyl (C=O) groups is 2. The molecule has 1 atom stereocenters. The molecule has 7 heteroatoms. The number of carboxylic acid groups (broad SMARTS) is 1. The van der Waals surface area contributed by atoms with Crippen molar-refractivity contribution in [1.82, 2.24) is 4.90 Å². The van der Waals surface area contributed by atoms with E-state index >= 15 is 0 Å². The first-order valence-corrected chi connectivity index (χ1v) is 7.07. The molecule has 0 radical (unpaired) electrons. The van der Waals surface area contributed by atoms with Crippen molar-refractivity contribution in [3.63, 3.8) is 0 Å². The van der Waals surface area contributed by atoms with E-state index in [1.165, 1.54) is 11.0 Å². The van der Waals surface area contributed by atoms with E-state index in [2.05, 4.69) is 0 Å². The van der Waals surface area contributed by atoms with E-state index in [9.17, 15) is 18.4 Å². The van der Waals surface area contributed by atoms with Gasteiger partial charge in [-0.25, -0.2) is 13.6 Å². The Labute approximate surface area is 118 Å². The van der Waals surface area contributed by atoms with E-state index in [1.807, 2.05) is 0 Å². The van der Waals surface area contributed by atoms with Crippen LogP contribution in [0.15, 0.2) is 23.1 Å². The zero-order chi connectivity index (χ0) is 14.7. The number of aliphatic carboxylic acids is 1. The lowest BCUT2D eigenvalue weighted by molar-refractivity contribution is -0.147. The van der Waals surface area contributed by atoms with Crippen LogP contribution in [0, 0.1) is 11.6 Å². The molecular formula is C13H13F2NO3S. The van der Waals surface area contributed by atoms with Crippen molar-refractivity contribution in [3.8, 4) is 0 Å². The van der Waals surface area contributed by atoms with Crippen LogP contribution in [-0.2, 0) is 9.59 Å². The maximum Gasteiger partial charge on any atom is 0.326 e. The van der Waals surface area contributed by atoms with Gasteiger partial charge in [-0.3, -0.25) is 4.79 Å². The number of rotatable bonds is 4. The summed E-state index contributed by atoms with van der Waals surface area (Å²) in [7, 11) is 0. The molecule has 1 aromatic rings. The molecule has 1 saturated heterocycles. The van der Waals surface area contributed by atoms with Crippen molar-refractivity contribution < 1.29 is 23.5 Å². The topological polar surface area (TPSA) is 57.6 Å². The molecule has 0 spiro atoms. The van der Waals surface area contributed by atoms with Crippen LogP contribution in [0.3, 0.4) is 0 Å². The van der Waals surface area contributed by atoms with Gasteiger partial charge >= 0.3 is 5.97 Å². The molecule has 1 heterocycles. The highest BCUT2D eigenvalue weighted by atomic mass is 32.2. The van der Waals surface area contributed by atoms with Crippen molar-refractivity contribution in [1.29, 1.82) is 0 Å². The van der Waals surface area contributed by atoms with E-state index in [0.29, 0.717) is 19.4 Å². The summed E-state index contributed by atoms with van der Waals surface area (Å²) in [4.78, 5) is 24.4. The van der Waals surface area contributed by atoms with Crippen molar-refractivity contribution in [2.75, 3.05) is 12.3 Å². The van der Waals surface area contributed by atoms with Gasteiger partial charge < -0.3 is 10.0 Å². The normalized spacial score (nSPS) is 18.3. The third kappa shape index (κ3) is 3.27. The predicted molar refractivity (Wildman–Crippen MR) is 69.5 cm³/mol. The highest BCUT2D eigenvalue weighted by Crippen LogP contribution is 2.24. The van der Waals surface area contributed by atoms with E-state index in [1.54, 1.807) is 0 Å². The summed E-state index contributed by atoms with van der Waals surface area (Å²) in [6.45, 7) is 0.405. The minimum atomic E-state index is -1.02. The van der Waals surface area contributed by atoms with Crippen LogP contribution in [0.1, 0.15) is 12.8 Å². The highest BCUT2D eigenvalue weighted by molar-refractivity contribution is 8.00. The molecule has 2 rings (SSSR count). The van der Waals surface area contributed by atoms with Gasteiger partial charge in [-0.1, -0.05) is 0 Å². The van der Waals surface area contributed by atoms with Crippen LogP contribution in [-0.4, -0.2) is 40.2 Å². The van der Waals surface area contributed by atoms with Crippen LogP contribution in [0.2, 0.25) is 0 Å². The molecule has 1 unspecified atom stereocenters. The zero-order valence-electron chi connectivity index (χ0n) is 10.5. The number of likely N-dealkylation sites (tertiary alicyclic amines) is 1. The Morgan fingerprint density at radius 3 is 2.80 bits per heavy atom. The number of hydrogen-bond acceptors (Lipinski definition) is 3. The zero-order valence-corrected chi connectivity index (χ0v) is 11.3. The van der Waals surface area contributed by atoms with Crippen molar-refractivity contribution in [3.05, 3.63) is 29.8 Å². The van der Waals surface area contributed by atoms with Crippen molar-refractivity contribution in [2.24, 2.45) is 0 Å². The van der Waals surface area contributed by atoms with Crippen LogP contribution in [0.5, 0.6) is 0 Å². The second-order valence-corrected chi connectivity index (χ2v) is 5.46. The number of hydrogen-bond donors (Lipinski definition) is 1. The van der Waals surface area contributed by atoms with E-state index in [4.69, 9.17) is 5.11 Å². The summed E-state index contributed by atoms with van der Waals surface area (Å²) in [5, 5.41) is 8.99. The Hall–Kier alpha value is -1.63. The Kier molecular flexibility index (Phi) is 4.59. The molecule has 0 aromatic heterocycles. The summed E-state index contributed by atoms with van der Waals surface area (Å²) >= 11 is 0.939. The van der Waals surface area contributed by atoms with E-state index in [-0.39, 0.29) is 16.6 Å². The largest absolute Gasteiger partial charge is 0.480 e. The smallest absolute Gasteiger partial charge is 0.326 e. The second-order valence-electron chi connectivity index (χ2n) is 4.45. The summed E-state index contributed by atoms with van der Waals surface area (Å²) in [6.07, 6.45) is 1.09. The lowest BCUT2D eigenvalue weighted by Crippen LogP contribution is -2.41. The molecule has 1 N–H and O–H groups in total. The van der Waals surface area contributed by atoms with Gasteiger partial charge in [-0.15, -0.1) is 11.8 Å². The number of amides is 1. The monoisotopic (exact) mass is 301 g/mol. The Bertz CT molecular complexity index is 538. The van der Waals surface area contributed by atoms with Gasteiger partial charge in [-0.05, 0) is 25.0 Å². The Morgan fingerprint density at radius 1 is 1.40 bits per heavy atom. The molecular weight excluding hydrogens is 288 g/mol. The number of carbonyl (C=O) groups excluding carboxylic acids is 1. The summed E-state index contributed by atoms with van der Waals surface area (Å²) in [5.41, 5.74) is 0. The highest BCUT2D eigenvalue weighted by Gasteiger charge is 2.33. The number of thioether (sulfide) groups is 1. The lowest BCUT2D eigenvalue weighted by Gasteiger charge is -2.21. The molecule has 0 bridgehead atoms. The Morgan fingerprint density at radius 2 is 2.15 bits per heavy atom. The fourth-order valence-corrected chi connectivity index (χ4v) is 2.94. The number of carboxylic acids is 1. The van der Waals surface area contributed by atoms with Crippen molar-refractivity contribution in [2.45, 2.75) is 23.8 Å². The lowest BCUT2D eigenvalue weighted by atomic mass is 10.2. The average molecular weight is 301 g/mol. The third-order valence-corrected chi connectivity index (χ3v) is 4.14. The fourth-order valence-electron chi connectivity index (χ4n) is 2.14. The molecule has 1 aliphatic heterocycles. The molecule has 20 heavy (non-hydrogen) atoms. The van der Waals surface area contributed by atoms with Crippen LogP contribution in [0.25, 0.3) is 0 Å². The molecule has 4 nitrogen and oxygen atoms in total. The van der Waals surface area contributed by atoms with Gasteiger partial charge in [0.25, 0.3) is 0 Å². The summed E-state index contributed by atoms with van der Waals surface area (Å²) in [5.74, 6) is -2.83. The number of halogens is 2. The van der Waals surface area contributed by atoms with Gasteiger partial charge in [0.15, 0.2) is 0 Å². The number of nitrogens with zero attached hydrogens (tertiary/aromatic N) is 1. The second kappa shape index (κ2) is 6.21. The first kappa shape index (κ1) is 14.8. The van der Waals surface area contributed by atoms with Gasteiger partial charge in [0.05, 0.1) is 5.75 Å². The standard InChI is InChI=1S/C13H13F2NO3S/c14-8-3-4-11(9(15)6-8)20-7-12(17)16-5-1-2-10(16)13(18)19/h3-4,6,10H,1-2,5,7H2,(H,18,19). The summed E-state index contributed by atoms with van der Waals surface area (Å²) < 4.78 is 26.1. The minimum absolute atomic E-state index is 0.0632. The molecule has 1 aliphatic rings. The van der Waals surface area contributed by atoms with Gasteiger partial charge in [0.1, 0.15) is 17.7 Å². The molecule has 1 amide bonds. The van der Waals surface area contributed by atoms with Gasteiger partial charge in [0.2, 0.25) is 5.91 Å². The fraction of sp³-hybridized carbons (Fsp3) is 0.385. The molecule has 0 saturated carbocycles. The minimum Gasteiger partial charge on any atom is -0.480 e. The predicted octanol–water partition coefficient (Wildman–Crippen LogP) is 2.13. The average Bonchev–Trinajstić information content (AvgIpc) is 2.86. The first-order chi connectivity index (χ1) is 9.49. The van der Waals surface area contributed by atoms with Gasteiger partial charge in [-0.2, -0.15) is 0 Å². The van der Waals surface area contributed by atoms with E-state index < -0.39 is 23.6 Å². The molecule has 1 fully saturated rings. The van der Waals surface area contributed by atoms with Crippen molar-refractivity contribution >= 4 is 23.6 Å². The van der Waals surface area contributed by atoms with Gasteiger partial charge in [0, 0.05) is 17.5 Å². The first-order valence-electron chi connectivity index (χ1n) is 6.09. The number of benzene rings is 1. The molecule has 0 aliphatic carbocycles. The van der Waals surface area contributed by atoms with Crippen LogP contribution >= 0.6 is 11.8 Å². The summed E-state index contributed by atoms with van der Waals surface area (Å²) in [6, 6.07) is 2.34. The third-order valence-electron chi connectivity index (χ3n) is 3.10. The van der Waals surface area contributed by atoms with Crippen LogP contribution < -0.4 is 0 Å².